The van der Waals surface area contributed by atoms with Gasteiger partial charge in [-0.2, -0.15) is 0 Å². The highest BCUT2D eigenvalue weighted by Gasteiger charge is 2.05. The highest BCUT2D eigenvalue weighted by molar-refractivity contribution is 5.49. The number of aromatic nitrogens is 1. The number of rotatable bonds is 6. The fraction of sp³-hybridized carbons (Fsp3) is 0.353. The van der Waals surface area contributed by atoms with E-state index in [1.165, 1.54) is 11.1 Å². The van der Waals surface area contributed by atoms with Gasteiger partial charge in [0, 0.05) is 12.7 Å². The van der Waals surface area contributed by atoms with Crippen molar-refractivity contribution < 1.29 is 4.74 Å². The van der Waals surface area contributed by atoms with Crippen LogP contribution < -0.4 is 10.1 Å². The van der Waals surface area contributed by atoms with E-state index in [-0.39, 0.29) is 6.10 Å². The molecule has 3 heteroatoms. The monoisotopic (exact) mass is 270 g/mol. The Hall–Kier alpha value is -2.03. The predicted molar refractivity (Wildman–Crippen MR) is 83.4 cm³/mol. The van der Waals surface area contributed by atoms with Crippen molar-refractivity contribution in [1.29, 1.82) is 0 Å². The van der Waals surface area contributed by atoms with E-state index in [9.17, 15) is 0 Å². The SMILES string of the molecule is Cc1cccc(CCNc2ncccc2OC(C)C)c1. The molecule has 0 radical (unpaired) electrons. The smallest absolute Gasteiger partial charge is 0.168 e. The van der Waals surface area contributed by atoms with Crippen LogP contribution in [0.2, 0.25) is 0 Å². The summed E-state index contributed by atoms with van der Waals surface area (Å²) in [6.07, 6.45) is 2.90. The lowest BCUT2D eigenvalue weighted by atomic mass is 10.1. The van der Waals surface area contributed by atoms with E-state index >= 15 is 0 Å². The van der Waals surface area contributed by atoms with Gasteiger partial charge in [-0.15, -0.1) is 0 Å². The summed E-state index contributed by atoms with van der Waals surface area (Å²) in [6, 6.07) is 12.4. The Morgan fingerprint density at radius 1 is 1.20 bits per heavy atom. The topological polar surface area (TPSA) is 34.2 Å². The third kappa shape index (κ3) is 4.26. The maximum absolute atomic E-state index is 5.74. The molecular formula is C17H22N2O. The second-order valence-electron chi connectivity index (χ2n) is 5.18. The van der Waals surface area contributed by atoms with Crippen molar-refractivity contribution in [3.8, 4) is 5.75 Å². The molecule has 1 N–H and O–H groups in total. The van der Waals surface area contributed by atoms with Crippen molar-refractivity contribution in [1.82, 2.24) is 4.98 Å². The lowest BCUT2D eigenvalue weighted by Gasteiger charge is -2.14. The van der Waals surface area contributed by atoms with Crippen LogP contribution in [0, 0.1) is 6.92 Å². The van der Waals surface area contributed by atoms with Gasteiger partial charge in [0.2, 0.25) is 0 Å². The molecule has 1 aromatic carbocycles. The third-order valence-corrected chi connectivity index (χ3v) is 2.92. The van der Waals surface area contributed by atoms with Crippen molar-refractivity contribution in [3.05, 3.63) is 53.7 Å². The number of anilines is 1. The average molecular weight is 270 g/mol. The van der Waals surface area contributed by atoms with Gasteiger partial charge in [0.25, 0.3) is 0 Å². The first-order valence-corrected chi connectivity index (χ1v) is 7.06. The molecule has 2 aromatic rings. The molecule has 1 heterocycles. The molecule has 0 saturated carbocycles. The number of nitrogens with zero attached hydrogens (tertiary/aromatic N) is 1. The summed E-state index contributed by atoms with van der Waals surface area (Å²) in [6.45, 7) is 6.99. The second kappa shape index (κ2) is 6.94. The third-order valence-electron chi connectivity index (χ3n) is 2.92. The first-order valence-electron chi connectivity index (χ1n) is 7.06. The van der Waals surface area contributed by atoms with Crippen LogP contribution in [-0.2, 0) is 6.42 Å². The fourth-order valence-corrected chi connectivity index (χ4v) is 2.07. The van der Waals surface area contributed by atoms with E-state index in [0.717, 1.165) is 24.5 Å². The Labute approximate surface area is 121 Å². The molecule has 0 unspecified atom stereocenters. The average Bonchev–Trinajstić information content (AvgIpc) is 2.40. The largest absolute Gasteiger partial charge is 0.487 e. The summed E-state index contributed by atoms with van der Waals surface area (Å²) in [5.41, 5.74) is 2.63. The minimum absolute atomic E-state index is 0.150. The standard InChI is InChI=1S/C17H22N2O/c1-13(2)20-16-8-5-10-18-17(16)19-11-9-15-7-4-6-14(3)12-15/h4-8,10,12-13H,9,11H2,1-3H3,(H,18,19). The summed E-state index contributed by atoms with van der Waals surface area (Å²) in [4.78, 5) is 4.34. The molecule has 0 fully saturated rings. The van der Waals surface area contributed by atoms with Gasteiger partial charge in [0.1, 0.15) is 0 Å². The van der Waals surface area contributed by atoms with E-state index in [1.807, 2.05) is 26.0 Å². The van der Waals surface area contributed by atoms with Crippen LogP contribution >= 0.6 is 0 Å². The lowest BCUT2D eigenvalue weighted by molar-refractivity contribution is 0.243. The summed E-state index contributed by atoms with van der Waals surface area (Å²) >= 11 is 0. The Balaban J connectivity index is 1.94. The van der Waals surface area contributed by atoms with Crippen LogP contribution in [-0.4, -0.2) is 17.6 Å². The van der Waals surface area contributed by atoms with Crippen LogP contribution in [0.5, 0.6) is 5.75 Å². The molecule has 0 aliphatic heterocycles. The van der Waals surface area contributed by atoms with Gasteiger partial charge in [-0.05, 0) is 44.9 Å². The zero-order valence-corrected chi connectivity index (χ0v) is 12.4. The van der Waals surface area contributed by atoms with E-state index in [4.69, 9.17) is 4.74 Å². The molecule has 0 atom stereocenters. The van der Waals surface area contributed by atoms with Crippen LogP contribution in [0.3, 0.4) is 0 Å². The molecule has 0 aliphatic carbocycles. The summed E-state index contributed by atoms with van der Waals surface area (Å²) in [5.74, 6) is 1.63. The summed E-state index contributed by atoms with van der Waals surface area (Å²) in [5, 5.41) is 3.35. The van der Waals surface area contributed by atoms with Crippen molar-refractivity contribution in [2.75, 3.05) is 11.9 Å². The maximum atomic E-state index is 5.74. The van der Waals surface area contributed by atoms with Gasteiger partial charge in [0.05, 0.1) is 6.10 Å². The molecule has 3 nitrogen and oxygen atoms in total. The Bertz CT molecular complexity index is 552. The van der Waals surface area contributed by atoms with Crippen LogP contribution in [0.1, 0.15) is 25.0 Å². The van der Waals surface area contributed by atoms with E-state index in [0.29, 0.717) is 0 Å². The van der Waals surface area contributed by atoms with Gasteiger partial charge >= 0.3 is 0 Å². The molecule has 0 saturated heterocycles. The molecular weight excluding hydrogens is 248 g/mol. The quantitative estimate of drug-likeness (QED) is 0.866. The number of nitrogens with one attached hydrogen (secondary N) is 1. The fourth-order valence-electron chi connectivity index (χ4n) is 2.07. The number of hydrogen-bond acceptors (Lipinski definition) is 3. The highest BCUT2D eigenvalue weighted by atomic mass is 16.5. The number of ether oxygens (including phenoxy) is 1. The zero-order valence-electron chi connectivity index (χ0n) is 12.4. The number of hydrogen-bond donors (Lipinski definition) is 1. The Morgan fingerprint density at radius 3 is 2.80 bits per heavy atom. The van der Waals surface area contributed by atoms with Gasteiger partial charge in [-0.25, -0.2) is 4.98 Å². The van der Waals surface area contributed by atoms with Crippen molar-refractivity contribution >= 4 is 5.82 Å². The minimum atomic E-state index is 0.150. The number of benzene rings is 1. The molecule has 1 aromatic heterocycles. The highest BCUT2D eigenvalue weighted by Crippen LogP contribution is 2.22. The van der Waals surface area contributed by atoms with Gasteiger partial charge in [-0.3, -0.25) is 0 Å². The first kappa shape index (κ1) is 14.4. The van der Waals surface area contributed by atoms with E-state index in [2.05, 4.69) is 41.5 Å². The van der Waals surface area contributed by atoms with Crippen molar-refractivity contribution in [3.63, 3.8) is 0 Å². The molecule has 0 amide bonds. The van der Waals surface area contributed by atoms with Gasteiger partial charge in [-0.1, -0.05) is 29.8 Å². The second-order valence-corrected chi connectivity index (χ2v) is 5.18. The first-order chi connectivity index (χ1) is 9.65. The number of aryl methyl sites for hydroxylation is 1. The molecule has 0 bridgehead atoms. The predicted octanol–water partition coefficient (Wildman–Crippen LogP) is 3.83. The molecule has 2 rings (SSSR count). The zero-order chi connectivity index (χ0) is 14.4. The van der Waals surface area contributed by atoms with E-state index < -0.39 is 0 Å². The van der Waals surface area contributed by atoms with Crippen LogP contribution in [0.15, 0.2) is 42.6 Å². The Kier molecular flexibility index (Phi) is 4.99. The summed E-state index contributed by atoms with van der Waals surface area (Å²) in [7, 11) is 0. The normalized spacial score (nSPS) is 10.6. The molecule has 0 aliphatic rings. The minimum Gasteiger partial charge on any atom is -0.487 e. The molecule has 0 spiro atoms. The number of pyridine rings is 1. The molecule has 106 valence electrons. The van der Waals surface area contributed by atoms with Crippen LogP contribution in [0.25, 0.3) is 0 Å². The van der Waals surface area contributed by atoms with Gasteiger partial charge in [0.15, 0.2) is 11.6 Å². The maximum Gasteiger partial charge on any atom is 0.168 e. The van der Waals surface area contributed by atoms with Gasteiger partial charge < -0.3 is 10.1 Å². The van der Waals surface area contributed by atoms with Crippen molar-refractivity contribution in [2.45, 2.75) is 33.3 Å². The summed E-state index contributed by atoms with van der Waals surface area (Å²) < 4.78 is 5.74. The van der Waals surface area contributed by atoms with Crippen LogP contribution in [0.4, 0.5) is 5.82 Å². The van der Waals surface area contributed by atoms with E-state index in [1.54, 1.807) is 6.20 Å². The van der Waals surface area contributed by atoms with Crippen molar-refractivity contribution in [2.24, 2.45) is 0 Å². The lowest BCUT2D eigenvalue weighted by Crippen LogP contribution is -2.11. The molecule has 20 heavy (non-hydrogen) atoms. The Morgan fingerprint density at radius 2 is 2.05 bits per heavy atom.